The van der Waals surface area contributed by atoms with Crippen molar-refractivity contribution in [3.05, 3.63) is 57.1 Å². The molecule has 0 aliphatic rings. The minimum atomic E-state index is 0. The highest BCUT2D eigenvalue weighted by atomic mass is 127. The molecule has 3 aromatic rings. The lowest BCUT2D eigenvalue weighted by atomic mass is 10.2. The van der Waals surface area contributed by atoms with Gasteiger partial charge in [0.25, 0.3) is 0 Å². The van der Waals surface area contributed by atoms with Crippen molar-refractivity contribution in [3.8, 4) is 11.4 Å². The van der Waals surface area contributed by atoms with E-state index in [2.05, 4.69) is 44.8 Å². The quantitative estimate of drug-likeness (QED) is 0.283. The summed E-state index contributed by atoms with van der Waals surface area (Å²) in [5.74, 6) is 1.66. The van der Waals surface area contributed by atoms with Crippen molar-refractivity contribution in [3.63, 3.8) is 0 Å². The molecule has 0 aliphatic heterocycles. The summed E-state index contributed by atoms with van der Waals surface area (Å²) in [6, 6.07) is 11.6. The lowest BCUT2D eigenvalue weighted by Gasteiger charge is -2.09. The summed E-state index contributed by atoms with van der Waals surface area (Å²) in [7, 11) is 0. The lowest BCUT2D eigenvalue weighted by molar-refractivity contribution is 0.380. The van der Waals surface area contributed by atoms with Crippen LogP contribution in [0.2, 0.25) is 5.02 Å². The van der Waals surface area contributed by atoms with Crippen molar-refractivity contribution in [1.29, 1.82) is 0 Å². The van der Waals surface area contributed by atoms with Crippen LogP contribution >= 0.6 is 46.9 Å². The highest BCUT2D eigenvalue weighted by Crippen LogP contribution is 2.20. The smallest absolute Gasteiger partial charge is 0.248 e. The first-order valence-corrected chi connectivity index (χ1v) is 9.49. The molecule has 0 aliphatic carbocycles. The molecule has 0 spiro atoms. The lowest BCUT2D eigenvalue weighted by Crippen LogP contribution is -2.36. The van der Waals surface area contributed by atoms with E-state index in [-0.39, 0.29) is 24.0 Å². The van der Waals surface area contributed by atoms with Crippen molar-refractivity contribution in [2.24, 2.45) is 4.99 Å². The summed E-state index contributed by atoms with van der Waals surface area (Å²) < 4.78 is 5.29. The summed E-state index contributed by atoms with van der Waals surface area (Å²) in [5.41, 5.74) is 0.814. The number of halogens is 2. The Morgan fingerprint density at radius 2 is 2.11 bits per heavy atom. The maximum atomic E-state index is 6.00. The van der Waals surface area contributed by atoms with Crippen molar-refractivity contribution < 1.29 is 4.52 Å². The van der Waals surface area contributed by atoms with Gasteiger partial charge >= 0.3 is 0 Å². The Balaban J connectivity index is 0.00000261. The van der Waals surface area contributed by atoms with E-state index >= 15 is 0 Å². The number of aromatic nitrogens is 2. The van der Waals surface area contributed by atoms with Crippen LogP contribution in [0.3, 0.4) is 0 Å². The number of guanidine groups is 1. The van der Waals surface area contributed by atoms with Crippen LogP contribution in [0.25, 0.3) is 11.4 Å². The van der Waals surface area contributed by atoms with Gasteiger partial charge in [-0.2, -0.15) is 4.98 Å². The second-order valence-electron chi connectivity index (χ2n) is 5.58. The van der Waals surface area contributed by atoms with Gasteiger partial charge in [0, 0.05) is 26.9 Å². The second-order valence-corrected chi connectivity index (χ2v) is 7.39. The van der Waals surface area contributed by atoms with Crippen molar-refractivity contribution in [1.82, 2.24) is 20.8 Å². The van der Waals surface area contributed by atoms with Crippen molar-refractivity contribution in [2.75, 3.05) is 6.54 Å². The van der Waals surface area contributed by atoms with Crippen LogP contribution in [0.5, 0.6) is 0 Å². The number of nitrogens with one attached hydrogen (secondary N) is 2. The average molecular weight is 518 g/mol. The number of hydrogen-bond acceptors (Lipinski definition) is 5. The zero-order valence-corrected chi connectivity index (χ0v) is 18.9. The summed E-state index contributed by atoms with van der Waals surface area (Å²) in [6.07, 6.45) is 0. The highest BCUT2D eigenvalue weighted by Gasteiger charge is 2.09. The molecule has 9 heteroatoms. The van der Waals surface area contributed by atoms with Gasteiger partial charge in [0.1, 0.15) is 6.54 Å². The fourth-order valence-electron chi connectivity index (χ4n) is 2.30. The summed E-state index contributed by atoms with van der Waals surface area (Å²) in [5, 5.41) is 11.1. The van der Waals surface area contributed by atoms with Crippen molar-refractivity contribution >= 4 is 52.9 Å². The third-order valence-corrected chi connectivity index (χ3v) is 4.73. The third-order valence-electron chi connectivity index (χ3n) is 3.49. The molecule has 2 N–H and O–H groups in total. The number of rotatable bonds is 6. The van der Waals surface area contributed by atoms with Crippen LogP contribution in [0.15, 0.2) is 45.9 Å². The van der Waals surface area contributed by atoms with E-state index in [1.54, 1.807) is 23.5 Å². The molecule has 0 saturated heterocycles. The molecule has 27 heavy (non-hydrogen) atoms. The molecule has 0 fully saturated rings. The largest absolute Gasteiger partial charge is 0.357 e. The summed E-state index contributed by atoms with van der Waals surface area (Å²) >= 11 is 7.77. The van der Waals surface area contributed by atoms with Gasteiger partial charge < -0.3 is 15.2 Å². The number of nitrogens with zero attached hydrogens (tertiary/aromatic N) is 3. The molecule has 0 unspecified atom stereocenters. The molecule has 0 bridgehead atoms. The van der Waals surface area contributed by atoms with E-state index in [4.69, 9.17) is 16.1 Å². The Bertz CT molecular complexity index is 895. The molecule has 0 radical (unpaired) electrons. The average Bonchev–Trinajstić information content (AvgIpc) is 3.26. The summed E-state index contributed by atoms with van der Waals surface area (Å²) in [4.78, 5) is 11.4. The van der Waals surface area contributed by atoms with Gasteiger partial charge in [0.2, 0.25) is 11.7 Å². The zero-order chi connectivity index (χ0) is 18.4. The molecule has 2 aromatic heterocycles. The molecular weight excluding hydrogens is 497 g/mol. The predicted molar refractivity (Wildman–Crippen MR) is 121 cm³/mol. The van der Waals surface area contributed by atoms with E-state index in [0.29, 0.717) is 29.2 Å². The normalized spacial score (nSPS) is 11.1. The fourth-order valence-corrected chi connectivity index (χ4v) is 3.32. The maximum absolute atomic E-state index is 6.00. The Morgan fingerprint density at radius 1 is 1.26 bits per heavy atom. The zero-order valence-electron chi connectivity index (χ0n) is 15.0. The Kier molecular flexibility index (Phi) is 8.52. The van der Waals surface area contributed by atoms with E-state index in [9.17, 15) is 0 Å². The van der Waals surface area contributed by atoms with Gasteiger partial charge in [-0.1, -0.05) is 28.9 Å². The Morgan fingerprint density at radius 3 is 2.81 bits per heavy atom. The van der Waals surface area contributed by atoms with Crippen molar-refractivity contribution in [2.45, 2.75) is 26.9 Å². The van der Waals surface area contributed by atoms with E-state index in [0.717, 1.165) is 18.7 Å². The standard InChI is InChI=1S/C18H20ClN5OS.HI/c1-3-20-18(21-10-15-8-7-12(2)26-15)22-11-16-23-17(24-25-16)13-5-4-6-14(19)9-13;/h4-9H,3,10-11H2,1-2H3,(H2,20,21,22);1H. The van der Waals surface area contributed by atoms with Gasteiger partial charge in [-0.25, -0.2) is 4.99 Å². The minimum absolute atomic E-state index is 0. The molecule has 0 amide bonds. The number of benzene rings is 1. The Labute approximate surface area is 184 Å². The van der Waals surface area contributed by atoms with E-state index < -0.39 is 0 Å². The van der Waals surface area contributed by atoms with Gasteiger partial charge in [-0.3, -0.25) is 0 Å². The maximum Gasteiger partial charge on any atom is 0.248 e. The topological polar surface area (TPSA) is 75.3 Å². The second kappa shape index (κ2) is 10.6. The molecule has 2 heterocycles. The molecule has 6 nitrogen and oxygen atoms in total. The fraction of sp³-hybridized carbons (Fsp3) is 0.278. The van der Waals surface area contributed by atoms with Crippen LogP contribution in [0.1, 0.15) is 22.6 Å². The molecule has 0 atom stereocenters. The van der Waals surface area contributed by atoms with Crippen LogP contribution in [-0.4, -0.2) is 22.6 Å². The first kappa shape index (κ1) is 21.6. The number of thiophene rings is 1. The van der Waals surface area contributed by atoms with Crippen LogP contribution in [0.4, 0.5) is 0 Å². The number of hydrogen-bond donors (Lipinski definition) is 2. The highest BCUT2D eigenvalue weighted by molar-refractivity contribution is 14.0. The summed E-state index contributed by atoms with van der Waals surface area (Å²) in [6.45, 7) is 5.91. The molecular formula is C18H21ClIN5OS. The third kappa shape index (κ3) is 6.47. The molecule has 144 valence electrons. The monoisotopic (exact) mass is 517 g/mol. The van der Waals surface area contributed by atoms with Crippen LogP contribution in [0, 0.1) is 6.92 Å². The van der Waals surface area contributed by atoms with Gasteiger partial charge in [-0.05, 0) is 38.1 Å². The SMILES string of the molecule is CCNC(=NCc1nc(-c2cccc(Cl)c2)no1)NCc1ccc(C)s1.I. The molecule has 3 rings (SSSR count). The number of aliphatic imine (C=N–C) groups is 1. The van der Waals surface area contributed by atoms with Gasteiger partial charge in [0.05, 0.1) is 6.54 Å². The minimum Gasteiger partial charge on any atom is -0.357 e. The van der Waals surface area contributed by atoms with Gasteiger partial charge in [-0.15, -0.1) is 35.3 Å². The predicted octanol–water partition coefficient (Wildman–Crippen LogP) is 4.63. The van der Waals surface area contributed by atoms with Crippen LogP contribution in [-0.2, 0) is 13.1 Å². The van der Waals surface area contributed by atoms with Crippen LogP contribution < -0.4 is 10.6 Å². The Hall–Kier alpha value is -1.65. The van der Waals surface area contributed by atoms with E-state index in [1.165, 1.54) is 9.75 Å². The number of aryl methyl sites for hydroxylation is 1. The van der Waals surface area contributed by atoms with E-state index in [1.807, 2.05) is 19.1 Å². The molecule has 1 aromatic carbocycles. The molecule has 0 saturated carbocycles. The first-order chi connectivity index (χ1) is 12.6. The first-order valence-electron chi connectivity index (χ1n) is 8.30. The van der Waals surface area contributed by atoms with Gasteiger partial charge in [0.15, 0.2) is 5.96 Å².